The molecule has 0 aromatic heterocycles. The molecule has 0 saturated carbocycles. The molecule has 0 saturated heterocycles. The summed E-state index contributed by atoms with van der Waals surface area (Å²) in [7, 11) is 1.95. The van der Waals surface area contributed by atoms with Crippen LogP contribution >= 0.6 is 35.6 Å². The van der Waals surface area contributed by atoms with Crippen molar-refractivity contribution in [1.29, 1.82) is 0 Å². The number of hydrogen-bond acceptors (Lipinski definition) is 3. The Kier molecular flexibility index (Phi) is 3.63. The summed E-state index contributed by atoms with van der Waals surface area (Å²) in [5, 5.41) is 10.6. The standard InChI is InChI=1S/C15H12ClNOS2/c1-17-11-4-2-3-5-13(11)20-14(15(17)19)10-8-9(16)6-7-12(10)18/h2-8,14,18H,1H3. The smallest absolute Gasteiger partial charge is 0.120 e. The molecule has 2 aromatic rings. The van der Waals surface area contributed by atoms with Crippen molar-refractivity contribution in [2.45, 2.75) is 10.1 Å². The number of hydrogen-bond donors (Lipinski definition) is 1. The highest BCUT2D eigenvalue weighted by Crippen LogP contribution is 2.48. The number of halogens is 1. The SMILES string of the molecule is CN1C(=S)C(c2cc(Cl)ccc2O)Sc2ccccc21. The molecule has 0 fully saturated rings. The van der Waals surface area contributed by atoms with Gasteiger partial charge < -0.3 is 10.0 Å². The maximum atomic E-state index is 10.1. The molecule has 0 amide bonds. The number of thiocarbonyl (C=S) groups is 1. The Morgan fingerprint density at radius 1 is 1.25 bits per heavy atom. The second kappa shape index (κ2) is 5.28. The first-order valence-corrected chi connectivity index (χ1v) is 7.76. The van der Waals surface area contributed by atoms with Crippen molar-refractivity contribution in [3.63, 3.8) is 0 Å². The van der Waals surface area contributed by atoms with Gasteiger partial charge in [0.1, 0.15) is 10.7 Å². The minimum Gasteiger partial charge on any atom is -0.508 e. The number of anilines is 1. The van der Waals surface area contributed by atoms with Gasteiger partial charge in [-0.2, -0.15) is 0 Å². The van der Waals surface area contributed by atoms with E-state index in [1.165, 1.54) is 0 Å². The molecule has 1 heterocycles. The number of likely N-dealkylation sites (N-methyl/N-ethyl adjacent to an activating group) is 1. The predicted molar refractivity (Wildman–Crippen MR) is 89.2 cm³/mol. The van der Waals surface area contributed by atoms with Crippen LogP contribution in [-0.2, 0) is 0 Å². The summed E-state index contributed by atoms with van der Waals surface area (Å²) >= 11 is 13.2. The molecule has 0 aliphatic carbocycles. The molecule has 20 heavy (non-hydrogen) atoms. The molecule has 0 radical (unpaired) electrons. The van der Waals surface area contributed by atoms with Crippen LogP contribution in [-0.4, -0.2) is 17.1 Å². The highest BCUT2D eigenvalue weighted by atomic mass is 35.5. The number of nitrogens with zero attached hydrogens (tertiary/aromatic N) is 1. The third-order valence-corrected chi connectivity index (χ3v) is 5.50. The monoisotopic (exact) mass is 321 g/mol. The second-order valence-corrected chi connectivity index (χ2v) is 6.57. The minimum atomic E-state index is -0.108. The van der Waals surface area contributed by atoms with E-state index in [2.05, 4.69) is 6.07 Å². The molecule has 2 nitrogen and oxygen atoms in total. The lowest BCUT2D eigenvalue weighted by atomic mass is 10.1. The molecule has 1 atom stereocenters. The molecule has 102 valence electrons. The third-order valence-electron chi connectivity index (χ3n) is 3.30. The third kappa shape index (κ3) is 2.28. The number of fused-ring (bicyclic) bond motifs is 1. The van der Waals surface area contributed by atoms with Crippen LogP contribution in [0.2, 0.25) is 5.02 Å². The topological polar surface area (TPSA) is 23.5 Å². The molecule has 2 aromatic carbocycles. The van der Waals surface area contributed by atoms with E-state index < -0.39 is 0 Å². The van der Waals surface area contributed by atoms with Gasteiger partial charge in [0.2, 0.25) is 0 Å². The Labute approximate surface area is 132 Å². The first-order valence-electron chi connectivity index (χ1n) is 6.09. The molecule has 1 N–H and O–H groups in total. The van der Waals surface area contributed by atoms with Crippen LogP contribution in [0.1, 0.15) is 10.8 Å². The van der Waals surface area contributed by atoms with E-state index in [0.717, 1.165) is 21.1 Å². The summed E-state index contributed by atoms with van der Waals surface area (Å²) in [6, 6.07) is 13.2. The normalized spacial score (nSPS) is 18.0. The molecule has 1 aliphatic rings. The fourth-order valence-corrected chi connectivity index (χ4v) is 4.10. The highest BCUT2D eigenvalue weighted by Gasteiger charge is 2.30. The lowest BCUT2D eigenvalue weighted by molar-refractivity contribution is 0.470. The van der Waals surface area contributed by atoms with Gasteiger partial charge in [-0.1, -0.05) is 36.0 Å². The molecule has 3 rings (SSSR count). The summed E-state index contributed by atoms with van der Waals surface area (Å²) in [5.74, 6) is 0.224. The number of thioether (sulfide) groups is 1. The zero-order chi connectivity index (χ0) is 14.3. The number of phenolic OH excluding ortho intramolecular Hbond substituents is 1. The fraction of sp³-hybridized carbons (Fsp3) is 0.133. The van der Waals surface area contributed by atoms with Crippen LogP contribution in [0.4, 0.5) is 5.69 Å². The number of rotatable bonds is 1. The minimum absolute atomic E-state index is 0.108. The quantitative estimate of drug-likeness (QED) is 0.772. The first-order chi connectivity index (χ1) is 9.58. The molecule has 0 bridgehead atoms. The lowest BCUT2D eigenvalue weighted by Gasteiger charge is -2.34. The Balaban J connectivity index is 2.08. The zero-order valence-electron chi connectivity index (χ0n) is 10.7. The van der Waals surface area contributed by atoms with Gasteiger partial charge in [-0.05, 0) is 30.3 Å². The van der Waals surface area contributed by atoms with E-state index >= 15 is 0 Å². The number of para-hydroxylation sites is 1. The summed E-state index contributed by atoms with van der Waals surface area (Å²) in [4.78, 5) is 3.91. The molecular weight excluding hydrogens is 310 g/mol. The van der Waals surface area contributed by atoms with E-state index in [-0.39, 0.29) is 11.0 Å². The highest BCUT2D eigenvalue weighted by molar-refractivity contribution is 8.01. The van der Waals surface area contributed by atoms with Crippen molar-refractivity contribution >= 4 is 46.3 Å². The maximum absolute atomic E-state index is 10.1. The van der Waals surface area contributed by atoms with Crippen molar-refractivity contribution in [3.8, 4) is 5.75 Å². The average molecular weight is 322 g/mol. The van der Waals surface area contributed by atoms with E-state index in [1.807, 2.05) is 30.1 Å². The Hall–Kier alpha value is -1.23. The van der Waals surface area contributed by atoms with Gasteiger partial charge in [-0.25, -0.2) is 0 Å². The van der Waals surface area contributed by atoms with E-state index in [4.69, 9.17) is 23.8 Å². The summed E-state index contributed by atoms with van der Waals surface area (Å²) in [6.45, 7) is 0. The van der Waals surface area contributed by atoms with Gasteiger partial charge in [0.05, 0.1) is 10.9 Å². The molecule has 1 aliphatic heterocycles. The number of aromatic hydroxyl groups is 1. The molecule has 1 unspecified atom stereocenters. The van der Waals surface area contributed by atoms with Gasteiger partial charge in [-0.3, -0.25) is 0 Å². The largest absolute Gasteiger partial charge is 0.508 e. The van der Waals surface area contributed by atoms with E-state index in [9.17, 15) is 5.11 Å². The summed E-state index contributed by atoms with van der Waals surface area (Å²) < 4.78 is 0. The first kappa shape index (κ1) is 13.7. The Morgan fingerprint density at radius 2 is 2.00 bits per heavy atom. The van der Waals surface area contributed by atoms with Crippen molar-refractivity contribution in [1.82, 2.24) is 0 Å². The van der Waals surface area contributed by atoms with Crippen LogP contribution in [0.25, 0.3) is 0 Å². The number of benzene rings is 2. The summed E-state index contributed by atoms with van der Waals surface area (Å²) in [5.41, 5.74) is 1.86. The van der Waals surface area contributed by atoms with Crippen molar-refractivity contribution < 1.29 is 5.11 Å². The van der Waals surface area contributed by atoms with Crippen molar-refractivity contribution in [2.75, 3.05) is 11.9 Å². The van der Waals surface area contributed by atoms with Gasteiger partial charge in [0, 0.05) is 22.5 Å². The number of phenols is 1. The van der Waals surface area contributed by atoms with Gasteiger partial charge >= 0.3 is 0 Å². The van der Waals surface area contributed by atoms with Gasteiger partial charge in [0.15, 0.2) is 0 Å². The molecule has 0 spiro atoms. The van der Waals surface area contributed by atoms with Crippen LogP contribution in [0.5, 0.6) is 5.75 Å². The van der Waals surface area contributed by atoms with Gasteiger partial charge in [-0.15, -0.1) is 11.8 Å². The Bertz CT molecular complexity index is 689. The van der Waals surface area contributed by atoms with Crippen LogP contribution in [0, 0.1) is 0 Å². The van der Waals surface area contributed by atoms with Crippen LogP contribution < -0.4 is 4.90 Å². The molecular formula is C15H12ClNOS2. The zero-order valence-corrected chi connectivity index (χ0v) is 13.1. The predicted octanol–water partition coefficient (Wildman–Crippen LogP) is 4.66. The summed E-state index contributed by atoms with van der Waals surface area (Å²) in [6.07, 6.45) is 0. The van der Waals surface area contributed by atoms with E-state index in [1.54, 1.807) is 30.0 Å². The second-order valence-electron chi connectivity index (χ2n) is 4.57. The lowest BCUT2D eigenvalue weighted by Crippen LogP contribution is -2.32. The van der Waals surface area contributed by atoms with Crippen molar-refractivity contribution in [3.05, 3.63) is 53.1 Å². The average Bonchev–Trinajstić information content (AvgIpc) is 2.46. The van der Waals surface area contributed by atoms with Gasteiger partial charge in [0.25, 0.3) is 0 Å². The molecule has 5 heteroatoms. The van der Waals surface area contributed by atoms with Crippen molar-refractivity contribution in [2.24, 2.45) is 0 Å². The van der Waals surface area contributed by atoms with Crippen LogP contribution in [0.3, 0.4) is 0 Å². The fourth-order valence-electron chi connectivity index (χ4n) is 2.24. The van der Waals surface area contributed by atoms with E-state index in [0.29, 0.717) is 5.02 Å². The Morgan fingerprint density at radius 3 is 2.80 bits per heavy atom. The van der Waals surface area contributed by atoms with Crippen LogP contribution in [0.15, 0.2) is 47.4 Å². The maximum Gasteiger partial charge on any atom is 0.120 e.